The summed E-state index contributed by atoms with van der Waals surface area (Å²) in [7, 11) is -3.55. The van der Waals surface area contributed by atoms with E-state index >= 15 is 0 Å². The van der Waals surface area contributed by atoms with Gasteiger partial charge in [0.1, 0.15) is 6.54 Å². The molecule has 4 aliphatic carbocycles. The smallest absolute Gasteiger partial charge is 0.240 e. The Labute approximate surface area is 181 Å². The van der Waals surface area contributed by atoms with Gasteiger partial charge in [-0.25, -0.2) is 8.42 Å². The Kier molecular flexibility index (Phi) is 5.90. The van der Waals surface area contributed by atoms with Crippen LogP contribution in [0.3, 0.4) is 0 Å². The van der Waals surface area contributed by atoms with Crippen molar-refractivity contribution < 1.29 is 13.2 Å². The van der Waals surface area contributed by atoms with Gasteiger partial charge in [-0.15, -0.1) is 0 Å². The second-order valence-electron chi connectivity index (χ2n) is 10.3. The molecule has 1 unspecified atom stereocenters. The highest BCUT2D eigenvalue weighted by molar-refractivity contribution is 7.92. The van der Waals surface area contributed by atoms with Crippen molar-refractivity contribution in [2.75, 3.05) is 17.1 Å². The van der Waals surface area contributed by atoms with Crippen LogP contribution in [0.2, 0.25) is 0 Å². The number of amides is 1. The molecule has 4 aliphatic rings. The molecule has 0 aliphatic heterocycles. The molecule has 5 rings (SSSR count). The SMILES string of the molecule is CCCC(C)NC(=O)CN(c1ccc(C23CC4CC(CC(C4)C2)C3)cc1)S(C)(=O)=O. The zero-order valence-electron chi connectivity index (χ0n) is 18.6. The number of rotatable bonds is 8. The van der Waals surface area contributed by atoms with Gasteiger partial charge in [0, 0.05) is 6.04 Å². The Balaban J connectivity index is 1.51. The predicted octanol–water partition coefficient (Wildman–Crippen LogP) is 4.23. The van der Waals surface area contributed by atoms with Gasteiger partial charge in [0.05, 0.1) is 11.9 Å². The number of hydrogen-bond donors (Lipinski definition) is 1. The summed E-state index contributed by atoms with van der Waals surface area (Å²) in [6.07, 6.45) is 11.1. The number of hydrogen-bond acceptors (Lipinski definition) is 3. The molecular weight excluding hydrogens is 396 g/mol. The Morgan fingerprint density at radius 2 is 1.63 bits per heavy atom. The summed E-state index contributed by atoms with van der Waals surface area (Å²) >= 11 is 0. The van der Waals surface area contributed by atoms with E-state index in [2.05, 4.69) is 24.4 Å². The third kappa shape index (κ3) is 4.39. The van der Waals surface area contributed by atoms with Crippen LogP contribution in [-0.4, -0.2) is 33.2 Å². The first kappa shape index (κ1) is 21.7. The number of anilines is 1. The van der Waals surface area contributed by atoms with Crippen molar-refractivity contribution in [1.29, 1.82) is 0 Å². The third-order valence-electron chi connectivity index (χ3n) is 7.62. The zero-order valence-corrected chi connectivity index (χ0v) is 19.4. The fourth-order valence-electron chi connectivity index (χ4n) is 6.80. The van der Waals surface area contributed by atoms with E-state index in [1.165, 1.54) is 54.6 Å². The van der Waals surface area contributed by atoms with Gasteiger partial charge in [-0.3, -0.25) is 9.10 Å². The van der Waals surface area contributed by atoms with E-state index in [1.54, 1.807) is 0 Å². The molecule has 6 heteroatoms. The van der Waals surface area contributed by atoms with E-state index in [9.17, 15) is 13.2 Å². The molecule has 0 saturated heterocycles. The lowest BCUT2D eigenvalue weighted by atomic mass is 9.48. The fraction of sp³-hybridized carbons (Fsp3) is 0.708. The first-order valence-electron chi connectivity index (χ1n) is 11.6. The zero-order chi connectivity index (χ0) is 21.5. The Hall–Kier alpha value is -1.56. The summed E-state index contributed by atoms with van der Waals surface area (Å²) in [6.45, 7) is 3.84. The van der Waals surface area contributed by atoms with Crippen LogP contribution >= 0.6 is 0 Å². The van der Waals surface area contributed by atoms with Crippen LogP contribution in [0.15, 0.2) is 24.3 Å². The van der Waals surface area contributed by atoms with E-state index in [1.807, 2.05) is 19.1 Å². The molecule has 0 spiro atoms. The summed E-state index contributed by atoms with van der Waals surface area (Å²) in [5.74, 6) is 2.36. The number of benzene rings is 1. The van der Waals surface area contributed by atoms with E-state index < -0.39 is 10.0 Å². The van der Waals surface area contributed by atoms with Gasteiger partial charge in [-0.05, 0) is 92.7 Å². The molecular formula is C24H36N2O3S. The number of nitrogens with one attached hydrogen (secondary N) is 1. The van der Waals surface area contributed by atoms with Crippen LogP contribution in [0, 0.1) is 17.8 Å². The topological polar surface area (TPSA) is 66.5 Å². The van der Waals surface area contributed by atoms with Gasteiger partial charge in [-0.1, -0.05) is 25.5 Å². The van der Waals surface area contributed by atoms with Crippen molar-refractivity contribution in [3.63, 3.8) is 0 Å². The minimum absolute atomic E-state index is 0.0439. The van der Waals surface area contributed by atoms with E-state index in [0.717, 1.165) is 30.6 Å². The van der Waals surface area contributed by atoms with Crippen LogP contribution in [0.4, 0.5) is 5.69 Å². The third-order valence-corrected chi connectivity index (χ3v) is 8.76. The lowest BCUT2D eigenvalue weighted by Crippen LogP contribution is -2.48. The van der Waals surface area contributed by atoms with Crippen LogP contribution < -0.4 is 9.62 Å². The van der Waals surface area contributed by atoms with Gasteiger partial charge in [0.25, 0.3) is 0 Å². The molecule has 1 aromatic carbocycles. The highest BCUT2D eigenvalue weighted by Crippen LogP contribution is 2.60. The van der Waals surface area contributed by atoms with Gasteiger partial charge in [0.15, 0.2) is 0 Å². The number of nitrogens with zero attached hydrogens (tertiary/aromatic N) is 1. The summed E-state index contributed by atoms with van der Waals surface area (Å²) in [6, 6.07) is 8.09. The van der Waals surface area contributed by atoms with E-state index in [4.69, 9.17) is 0 Å². The van der Waals surface area contributed by atoms with Crippen molar-refractivity contribution in [1.82, 2.24) is 5.32 Å². The van der Waals surface area contributed by atoms with Crippen molar-refractivity contribution >= 4 is 21.6 Å². The van der Waals surface area contributed by atoms with Crippen LogP contribution in [0.1, 0.15) is 70.8 Å². The minimum Gasteiger partial charge on any atom is -0.352 e. The molecule has 0 radical (unpaired) electrons. The molecule has 4 saturated carbocycles. The Bertz CT molecular complexity index is 843. The normalized spacial score (nSPS) is 30.8. The number of carbonyl (C=O) groups is 1. The maximum absolute atomic E-state index is 12.4. The lowest BCUT2D eigenvalue weighted by molar-refractivity contribution is -0.120. The van der Waals surface area contributed by atoms with Crippen molar-refractivity contribution in [2.45, 2.75) is 76.7 Å². The summed E-state index contributed by atoms with van der Waals surface area (Å²) < 4.78 is 26.1. The second-order valence-corrected chi connectivity index (χ2v) is 12.2. The molecule has 0 heterocycles. The summed E-state index contributed by atoms with van der Waals surface area (Å²) in [4.78, 5) is 12.4. The minimum atomic E-state index is -3.55. The van der Waals surface area contributed by atoms with Crippen LogP contribution in [0.25, 0.3) is 0 Å². The van der Waals surface area contributed by atoms with E-state index in [-0.39, 0.29) is 23.9 Å². The lowest BCUT2D eigenvalue weighted by Gasteiger charge is -2.57. The molecule has 1 amide bonds. The maximum Gasteiger partial charge on any atom is 0.240 e. The molecule has 4 fully saturated rings. The van der Waals surface area contributed by atoms with Gasteiger partial charge in [-0.2, -0.15) is 0 Å². The molecule has 1 N–H and O–H groups in total. The maximum atomic E-state index is 12.4. The van der Waals surface area contributed by atoms with Crippen LogP contribution in [0.5, 0.6) is 0 Å². The molecule has 30 heavy (non-hydrogen) atoms. The molecule has 1 aromatic rings. The van der Waals surface area contributed by atoms with Gasteiger partial charge >= 0.3 is 0 Å². The average molecular weight is 433 g/mol. The largest absolute Gasteiger partial charge is 0.352 e. The molecule has 0 aromatic heterocycles. The van der Waals surface area contributed by atoms with Crippen molar-refractivity contribution in [2.24, 2.45) is 17.8 Å². The first-order valence-corrected chi connectivity index (χ1v) is 13.4. The highest BCUT2D eigenvalue weighted by atomic mass is 32.2. The molecule has 1 atom stereocenters. The quantitative estimate of drug-likeness (QED) is 0.669. The standard InChI is InChI=1S/C24H36N2O3S/c1-4-5-17(2)25-23(27)16-26(30(3,28)29)22-8-6-21(7-9-22)24-13-18-10-19(14-24)12-20(11-18)15-24/h6-9,17-20H,4-5,10-16H2,1-3H3,(H,25,27). The van der Waals surface area contributed by atoms with Crippen molar-refractivity contribution in [3.05, 3.63) is 29.8 Å². The van der Waals surface area contributed by atoms with Crippen molar-refractivity contribution in [3.8, 4) is 0 Å². The monoisotopic (exact) mass is 432 g/mol. The number of sulfonamides is 1. The Morgan fingerprint density at radius 3 is 2.10 bits per heavy atom. The number of carbonyl (C=O) groups excluding carboxylic acids is 1. The molecule has 5 nitrogen and oxygen atoms in total. The second kappa shape index (κ2) is 8.18. The fourth-order valence-corrected chi connectivity index (χ4v) is 7.66. The summed E-state index contributed by atoms with van der Waals surface area (Å²) in [5.41, 5.74) is 2.22. The Morgan fingerprint density at radius 1 is 1.10 bits per heavy atom. The highest BCUT2D eigenvalue weighted by Gasteiger charge is 2.51. The average Bonchev–Trinajstić information content (AvgIpc) is 2.64. The summed E-state index contributed by atoms with van der Waals surface area (Å²) in [5, 5.41) is 2.91. The molecule has 4 bridgehead atoms. The van der Waals surface area contributed by atoms with Crippen LogP contribution in [-0.2, 0) is 20.2 Å². The van der Waals surface area contributed by atoms with Gasteiger partial charge in [0.2, 0.25) is 15.9 Å². The van der Waals surface area contributed by atoms with Gasteiger partial charge < -0.3 is 5.32 Å². The van der Waals surface area contributed by atoms with E-state index in [0.29, 0.717) is 5.69 Å². The molecule has 166 valence electrons. The first-order chi connectivity index (χ1) is 14.2. The predicted molar refractivity (Wildman–Crippen MR) is 121 cm³/mol.